The molecular formula is C23H26IN9O2. The number of amides is 1. The molecule has 182 valence electrons. The van der Waals surface area contributed by atoms with Crippen molar-refractivity contribution in [2.45, 2.75) is 17.9 Å². The third-order valence-electron chi connectivity index (χ3n) is 6.06. The van der Waals surface area contributed by atoms with E-state index in [1.165, 1.54) is 11.9 Å². The minimum Gasteiger partial charge on any atom is -0.493 e. The Bertz CT molecular complexity index is 1330. The number of H-pyrrole nitrogens is 1. The molecule has 12 heteroatoms. The van der Waals surface area contributed by atoms with E-state index in [2.05, 4.69) is 70.7 Å². The molecule has 0 aliphatic carbocycles. The highest BCUT2D eigenvalue weighted by Crippen LogP contribution is 2.29. The summed E-state index contributed by atoms with van der Waals surface area (Å²) < 4.78 is 8.30. The number of aromatic amines is 1. The van der Waals surface area contributed by atoms with Crippen LogP contribution in [0.1, 0.15) is 12.5 Å². The third kappa shape index (κ3) is 4.61. The molecule has 11 nitrogen and oxygen atoms in total. The number of ether oxygens (including phenoxy) is 1. The van der Waals surface area contributed by atoms with Crippen molar-refractivity contribution in [3.8, 4) is 17.3 Å². The zero-order valence-electron chi connectivity index (χ0n) is 19.3. The number of halogens is 1. The molecule has 0 radical (unpaired) electrons. The second-order valence-corrected chi connectivity index (χ2v) is 8.89. The number of hydrogen-bond acceptors (Lipinski definition) is 8. The standard InChI is InChI=1S/C23H26IN9O2/c1-2-35-17-11-16(4-3-15(17)12-24)31-7-9-32(10-8-31)18(34)13-33-23-19(21(25)28-14-29-23)20(30-33)22-26-5-6-27-22/h3-6,11,14H,2,7-10,12-13H2,1H3,(H,26,27)(H2,25,28,29). The zero-order chi connectivity index (χ0) is 24.4. The number of aromatic nitrogens is 6. The van der Waals surface area contributed by atoms with Gasteiger partial charge in [-0.15, -0.1) is 0 Å². The number of carbonyl (C=O) groups is 1. The van der Waals surface area contributed by atoms with Gasteiger partial charge in [0.2, 0.25) is 5.91 Å². The van der Waals surface area contributed by atoms with Gasteiger partial charge in [0.15, 0.2) is 11.5 Å². The minimum absolute atomic E-state index is 0.0208. The van der Waals surface area contributed by atoms with E-state index < -0.39 is 0 Å². The quantitative estimate of drug-likeness (QED) is 0.249. The molecule has 1 amide bonds. The van der Waals surface area contributed by atoms with Crippen molar-refractivity contribution >= 4 is 51.0 Å². The van der Waals surface area contributed by atoms with Gasteiger partial charge >= 0.3 is 0 Å². The summed E-state index contributed by atoms with van der Waals surface area (Å²) in [5.74, 6) is 1.76. The van der Waals surface area contributed by atoms with Crippen LogP contribution in [0.25, 0.3) is 22.6 Å². The van der Waals surface area contributed by atoms with Crippen LogP contribution < -0.4 is 15.4 Å². The van der Waals surface area contributed by atoms with Gasteiger partial charge in [-0.3, -0.25) is 4.79 Å². The number of carbonyl (C=O) groups excluding carboxylic acids is 1. The Morgan fingerprint density at radius 1 is 1.20 bits per heavy atom. The highest BCUT2D eigenvalue weighted by Gasteiger charge is 2.25. The first-order valence-electron chi connectivity index (χ1n) is 11.4. The van der Waals surface area contributed by atoms with E-state index in [1.807, 2.05) is 11.8 Å². The van der Waals surface area contributed by atoms with Crippen molar-refractivity contribution in [2.24, 2.45) is 0 Å². The summed E-state index contributed by atoms with van der Waals surface area (Å²) in [6, 6.07) is 6.35. The van der Waals surface area contributed by atoms with Crippen LogP contribution in [0, 0.1) is 0 Å². The molecule has 1 aliphatic rings. The lowest BCUT2D eigenvalue weighted by atomic mass is 10.1. The monoisotopic (exact) mass is 587 g/mol. The Morgan fingerprint density at radius 2 is 2.03 bits per heavy atom. The van der Waals surface area contributed by atoms with Crippen molar-refractivity contribution in [1.82, 2.24) is 34.6 Å². The van der Waals surface area contributed by atoms with Gasteiger partial charge in [0.05, 0.1) is 12.0 Å². The first kappa shape index (κ1) is 23.3. The maximum absolute atomic E-state index is 13.2. The van der Waals surface area contributed by atoms with E-state index in [4.69, 9.17) is 10.5 Å². The molecule has 1 aromatic carbocycles. The lowest BCUT2D eigenvalue weighted by Crippen LogP contribution is -2.49. The number of alkyl halides is 1. The van der Waals surface area contributed by atoms with Gasteiger partial charge < -0.3 is 25.3 Å². The van der Waals surface area contributed by atoms with Crippen LogP contribution in [0.5, 0.6) is 5.75 Å². The fourth-order valence-electron chi connectivity index (χ4n) is 4.28. The van der Waals surface area contributed by atoms with E-state index in [-0.39, 0.29) is 12.5 Å². The summed E-state index contributed by atoms with van der Waals surface area (Å²) in [5.41, 5.74) is 9.45. The molecule has 4 heterocycles. The number of piperazine rings is 1. The van der Waals surface area contributed by atoms with Crippen molar-refractivity contribution in [3.63, 3.8) is 0 Å². The van der Waals surface area contributed by atoms with E-state index in [1.54, 1.807) is 17.1 Å². The van der Waals surface area contributed by atoms with Gasteiger partial charge in [0.1, 0.15) is 30.1 Å². The van der Waals surface area contributed by atoms with E-state index in [0.29, 0.717) is 48.1 Å². The van der Waals surface area contributed by atoms with Crippen LogP contribution in [-0.2, 0) is 15.8 Å². The molecule has 1 saturated heterocycles. The number of benzene rings is 1. The zero-order valence-corrected chi connectivity index (χ0v) is 21.5. The molecule has 3 N–H and O–H groups in total. The van der Waals surface area contributed by atoms with Crippen molar-refractivity contribution in [1.29, 1.82) is 0 Å². The number of nitrogen functional groups attached to an aromatic ring is 1. The lowest BCUT2D eigenvalue weighted by molar-refractivity contribution is -0.132. The Hall–Kier alpha value is -3.42. The molecule has 1 aliphatic heterocycles. The second-order valence-electron chi connectivity index (χ2n) is 8.13. The number of imidazole rings is 1. The highest BCUT2D eigenvalue weighted by atomic mass is 127. The molecule has 5 rings (SSSR count). The number of fused-ring (bicyclic) bond motifs is 1. The van der Waals surface area contributed by atoms with Gasteiger partial charge in [0.25, 0.3) is 0 Å². The summed E-state index contributed by atoms with van der Waals surface area (Å²) in [6.45, 7) is 5.42. The van der Waals surface area contributed by atoms with Crippen LogP contribution >= 0.6 is 22.6 Å². The Kier molecular flexibility index (Phi) is 6.70. The first-order chi connectivity index (χ1) is 17.1. The maximum atomic E-state index is 13.2. The van der Waals surface area contributed by atoms with Crippen LogP contribution in [-0.4, -0.2) is 73.3 Å². The summed E-state index contributed by atoms with van der Waals surface area (Å²) in [7, 11) is 0. The second kappa shape index (κ2) is 10.1. The molecule has 0 unspecified atom stereocenters. The summed E-state index contributed by atoms with van der Waals surface area (Å²) in [4.78, 5) is 33.1. The van der Waals surface area contributed by atoms with E-state index in [0.717, 1.165) is 29.0 Å². The van der Waals surface area contributed by atoms with Gasteiger partial charge in [-0.2, -0.15) is 5.10 Å². The molecule has 4 aromatic rings. The topological polar surface area (TPSA) is 131 Å². The Balaban J connectivity index is 1.30. The molecule has 0 spiro atoms. The van der Waals surface area contributed by atoms with Gasteiger partial charge in [-0.25, -0.2) is 19.6 Å². The average molecular weight is 587 g/mol. The van der Waals surface area contributed by atoms with Crippen LogP contribution in [0.2, 0.25) is 0 Å². The molecule has 0 bridgehead atoms. The molecule has 3 aromatic heterocycles. The molecule has 35 heavy (non-hydrogen) atoms. The Morgan fingerprint density at radius 3 is 2.74 bits per heavy atom. The van der Waals surface area contributed by atoms with E-state index >= 15 is 0 Å². The largest absolute Gasteiger partial charge is 0.493 e. The van der Waals surface area contributed by atoms with Crippen molar-refractivity contribution < 1.29 is 9.53 Å². The predicted molar refractivity (Wildman–Crippen MR) is 141 cm³/mol. The summed E-state index contributed by atoms with van der Waals surface area (Å²) in [6.07, 6.45) is 4.72. The van der Waals surface area contributed by atoms with Gasteiger partial charge in [-0.1, -0.05) is 28.7 Å². The van der Waals surface area contributed by atoms with Crippen LogP contribution in [0.15, 0.2) is 36.9 Å². The number of nitrogens with two attached hydrogens (primary N) is 1. The molecule has 0 saturated carbocycles. The number of anilines is 2. The summed E-state index contributed by atoms with van der Waals surface area (Å²) in [5, 5.41) is 5.18. The molecule has 1 fully saturated rings. The highest BCUT2D eigenvalue weighted by molar-refractivity contribution is 14.1. The molecule has 0 atom stereocenters. The fourth-order valence-corrected chi connectivity index (χ4v) is 4.91. The maximum Gasteiger partial charge on any atom is 0.244 e. The predicted octanol–water partition coefficient (Wildman–Crippen LogP) is 2.48. The van der Waals surface area contributed by atoms with Crippen LogP contribution in [0.4, 0.5) is 11.5 Å². The van der Waals surface area contributed by atoms with Crippen molar-refractivity contribution in [2.75, 3.05) is 43.4 Å². The SMILES string of the molecule is CCOc1cc(N2CCN(C(=O)Cn3nc(-c4ncc[nH]4)c4c(N)ncnc43)CC2)ccc1CI. The Labute approximate surface area is 215 Å². The molecular weight excluding hydrogens is 561 g/mol. The smallest absolute Gasteiger partial charge is 0.244 e. The average Bonchev–Trinajstić information content (AvgIpc) is 3.53. The van der Waals surface area contributed by atoms with E-state index in [9.17, 15) is 4.79 Å². The minimum atomic E-state index is -0.0208. The summed E-state index contributed by atoms with van der Waals surface area (Å²) >= 11 is 2.35. The number of hydrogen-bond donors (Lipinski definition) is 2. The first-order valence-corrected chi connectivity index (χ1v) is 12.9. The fraction of sp³-hybridized carbons (Fsp3) is 0.348. The number of nitrogens with one attached hydrogen (secondary N) is 1. The number of nitrogens with zero attached hydrogens (tertiary/aromatic N) is 7. The lowest BCUT2D eigenvalue weighted by Gasteiger charge is -2.36. The van der Waals surface area contributed by atoms with Gasteiger partial charge in [-0.05, 0) is 13.0 Å². The van der Waals surface area contributed by atoms with Gasteiger partial charge in [0, 0.05) is 60.3 Å². The van der Waals surface area contributed by atoms with Crippen molar-refractivity contribution in [3.05, 3.63) is 42.5 Å². The number of rotatable bonds is 7. The van der Waals surface area contributed by atoms with Crippen LogP contribution in [0.3, 0.4) is 0 Å². The third-order valence-corrected chi connectivity index (χ3v) is 6.88. The normalized spacial score (nSPS) is 14.0.